The van der Waals surface area contributed by atoms with Crippen LogP contribution in [0.4, 0.5) is 4.39 Å². The number of fused-ring (bicyclic) bond motifs is 1. The maximum Gasteiger partial charge on any atom is 0.256 e. The number of ether oxygens (including phenoxy) is 2. The summed E-state index contributed by atoms with van der Waals surface area (Å²) >= 11 is 0. The zero-order valence-electron chi connectivity index (χ0n) is 17.3. The second-order valence-electron chi connectivity index (χ2n) is 7.28. The third-order valence-corrected chi connectivity index (χ3v) is 5.32. The molecule has 2 heterocycles. The average molecular weight is 423 g/mol. The molecule has 160 valence electrons. The second kappa shape index (κ2) is 8.59. The number of halogens is 1. The van der Waals surface area contributed by atoms with Gasteiger partial charge in [-0.2, -0.15) is 0 Å². The zero-order valence-corrected chi connectivity index (χ0v) is 17.3. The minimum Gasteiger partial charge on any atom is -0.497 e. The van der Waals surface area contributed by atoms with Gasteiger partial charge in [-0.15, -0.1) is 0 Å². The smallest absolute Gasteiger partial charge is 0.256 e. The number of hydrogen-bond acceptors (Lipinski definition) is 5. The highest BCUT2D eigenvalue weighted by atomic mass is 19.1. The van der Waals surface area contributed by atoms with Crippen LogP contribution in [0, 0.1) is 5.82 Å². The summed E-state index contributed by atoms with van der Waals surface area (Å²) < 4.78 is 24.4. The van der Waals surface area contributed by atoms with Crippen molar-refractivity contribution in [1.82, 2.24) is 14.9 Å². The van der Waals surface area contributed by atoms with Gasteiger partial charge in [0.2, 0.25) is 0 Å². The van der Waals surface area contributed by atoms with E-state index in [1.54, 1.807) is 41.3 Å². The molecule has 1 aliphatic rings. The Morgan fingerprint density at radius 1 is 1.16 bits per heavy atom. The van der Waals surface area contributed by atoms with Crippen LogP contribution in [0.2, 0.25) is 0 Å². The number of carbonyl (C=O) groups is 1. The Morgan fingerprint density at radius 3 is 2.55 bits per heavy atom. The molecule has 8 heteroatoms. The first kappa shape index (κ1) is 20.6. The van der Waals surface area contributed by atoms with Crippen LogP contribution in [-0.2, 0) is 19.4 Å². The highest BCUT2D eigenvalue weighted by Crippen LogP contribution is 2.25. The maximum absolute atomic E-state index is 13.9. The van der Waals surface area contributed by atoms with Gasteiger partial charge >= 0.3 is 0 Å². The molecule has 0 fully saturated rings. The first-order valence-corrected chi connectivity index (χ1v) is 9.85. The van der Waals surface area contributed by atoms with Crippen LogP contribution in [0.15, 0.2) is 47.3 Å². The quantitative estimate of drug-likeness (QED) is 0.682. The van der Waals surface area contributed by atoms with E-state index in [1.165, 1.54) is 20.3 Å². The largest absolute Gasteiger partial charge is 0.497 e. The Kier molecular flexibility index (Phi) is 5.70. The Labute approximate surface area is 178 Å². The van der Waals surface area contributed by atoms with Crippen molar-refractivity contribution < 1.29 is 18.7 Å². The number of aromatic amines is 1. The van der Waals surface area contributed by atoms with Crippen molar-refractivity contribution in [3.63, 3.8) is 0 Å². The molecule has 0 bridgehead atoms. The number of aromatic nitrogens is 2. The first-order valence-electron chi connectivity index (χ1n) is 9.85. The molecule has 1 aliphatic heterocycles. The number of methoxy groups -OCH3 is 2. The molecule has 31 heavy (non-hydrogen) atoms. The van der Waals surface area contributed by atoms with E-state index in [2.05, 4.69) is 9.97 Å². The molecular formula is C23H22FN3O4. The molecule has 2 aromatic carbocycles. The standard InChI is InChI=1S/C23H22FN3O4/c1-30-16-9-15(10-17(12-16)31-2)23(29)27-8-7-20-18(13-27)22(28)26-21(25-20)11-14-5-3-4-6-19(14)24/h3-6,9-10,12H,7-8,11,13H2,1-2H3,(H,25,26,28). The maximum atomic E-state index is 13.9. The minimum atomic E-state index is -0.339. The van der Waals surface area contributed by atoms with Gasteiger partial charge in [0, 0.05) is 31.0 Å². The van der Waals surface area contributed by atoms with Crippen LogP contribution in [-0.4, -0.2) is 41.5 Å². The Balaban J connectivity index is 1.57. The molecule has 0 aliphatic carbocycles. The molecule has 1 amide bonds. The van der Waals surface area contributed by atoms with Crippen molar-refractivity contribution >= 4 is 5.91 Å². The number of nitrogens with zero attached hydrogens (tertiary/aromatic N) is 2. The molecule has 0 radical (unpaired) electrons. The second-order valence-corrected chi connectivity index (χ2v) is 7.28. The van der Waals surface area contributed by atoms with Gasteiger partial charge in [0.15, 0.2) is 0 Å². The van der Waals surface area contributed by atoms with Crippen molar-refractivity contribution in [2.45, 2.75) is 19.4 Å². The molecule has 1 N–H and O–H groups in total. The monoisotopic (exact) mass is 423 g/mol. The SMILES string of the molecule is COc1cc(OC)cc(C(=O)N2CCc3nc(Cc4ccccc4F)[nH]c(=O)c3C2)c1. The highest BCUT2D eigenvalue weighted by molar-refractivity contribution is 5.95. The van der Waals surface area contributed by atoms with E-state index >= 15 is 0 Å². The lowest BCUT2D eigenvalue weighted by Gasteiger charge is -2.28. The molecule has 0 atom stereocenters. The summed E-state index contributed by atoms with van der Waals surface area (Å²) in [7, 11) is 3.04. The van der Waals surface area contributed by atoms with Gasteiger partial charge in [-0.05, 0) is 23.8 Å². The van der Waals surface area contributed by atoms with Crippen LogP contribution in [0.3, 0.4) is 0 Å². The van der Waals surface area contributed by atoms with Gasteiger partial charge in [0.05, 0.1) is 32.0 Å². The van der Waals surface area contributed by atoms with Crippen molar-refractivity contribution in [3.05, 3.63) is 86.8 Å². The summed E-state index contributed by atoms with van der Waals surface area (Å²) in [4.78, 5) is 34.6. The first-order chi connectivity index (χ1) is 15.0. The van der Waals surface area contributed by atoms with Gasteiger partial charge in [-0.3, -0.25) is 9.59 Å². The normalized spacial score (nSPS) is 12.9. The van der Waals surface area contributed by atoms with Crippen molar-refractivity contribution in [2.75, 3.05) is 20.8 Å². The molecule has 0 unspecified atom stereocenters. The van der Waals surface area contributed by atoms with E-state index in [1.807, 2.05) is 0 Å². The molecule has 7 nitrogen and oxygen atoms in total. The molecular weight excluding hydrogens is 401 g/mol. The van der Waals surface area contributed by atoms with E-state index < -0.39 is 0 Å². The number of hydrogen-bond donors (Lipinski definition) is 1. The Morgan fingerprint density at radius 2 is 1.87 bits per heavy atom. The summed E-state index contributed by atoms with van der Waals surface area (Å²) in [6, 6.07) is 11.4. The van der Waals surface area contributed by atoms with Gasteiger partial charge in [-0.1, -0.05) is 18.2 Å². The lowest BCUT2D eigenvalue weighted by atomic mass is 10.0. The number of nitrogens with one attached hydrogen (secondary N) is 1. The van der Waals surface area contributed by atoms with Crippen LogP contribution in [0.25, 0.3) is 0 Å². The molecule has 0 saturated heterocycles. The van der Waals surface area contributed by atoms with Crippen LogP contribution in [0.1, 0.15) is 33.0 Å². The summed E-state index contributed by atoms with van der Waals surface area (Å²) in [6.07, 6.45) is 0.637. The number of benzene rings is 2. The molecule has 0 spiro atoms. The van der Waals surface area contributed by atoms with Crippen LogP contribution < -0.4 is 15.0 Å². The van der Waals surface area contributed by atoms with Crippen LogP contribution in [0.5, 0.6) is 11.5 Å². The number of rotatable bonds is 5. The van der Waals surface area contributed by atoms with Gasteiger partial charge < -0.3 is 19.4 Å². The van der Waals surface area contributed by atoms with Gasteiger partial charge in [0.25, 0.3) is 11.5 Å². The third kappa shape index (κ3) is 4.28. The van der Waals surface area contributed by atoms with Crippen molar-refractivity contribution in [3.8, 4) is 11.5 Å². The highest BCUT2D eigenvalue weighted by Gasteiger charge is 2.26. The summed E-state index contributed by atoms with van der Waals surface area (Å²) in [6.45, 7) is 0.566. The lowest BCUT2D eigenvalue weighted by molar-refractivity contribution is 0.0731. The van der Waals surface area contributed by atoms with Crippen molar-refractivity contribution in [2.24, 2.45) is 0 Å². The molecule has 3 aromatic rings. The number of H-pyrrole nitrogens is 1. The van der Waals surface area contributed by atoms with E-state index in [4.69, 9.17) is 9.47 Å². The summed E-state index contributed by atoms with van der Waals surface area (Å²) in [5.74, 6) is 0.868. The number of carbonyl (C=O) groups excluding carboxylic acids is 1. The summed E-state index contributed by atoms with van der Waals surface area (Å²) in [5.41, 5.74) is 1.66. The lowest BCUT2D eigenvalue weighted by Crippen LogP contribution is -2.39. The van der Waals surface area contributed by atoms with E-state index in [-0.39, 0.29) is 30.2 Å². The third-order valence-electron chi connectivity index (χ3n) is 5.32. The fourth-order valence-electron chi connectivity index (χ4n) is 3.67. The van der Waals surface area contributed by atoms with Crippen LogP contribution >= 0.6 is 0 Å². The fourth-order valence-corrected chi connectivity index (χ4v) is 3.67. The predicted octanol–water partition coefficient (Wildman–Crippen LogP) is 2.72. The number of amides is 1. The predicted molar refractivity (Wildman–Crippen MR) is 112 cm³/mol. The summed E-state index contributed by atoms with van der Waals surface area (Å²) in [5, 5.41) is 0. The van der Waals surface area contributed by atoms with E-state index in [9.17, 15) is 14.0 Å². The minimum absolute atomic E-state index is 0.149. The molecule has 4 rings (SSSR count). The molecule has 0 saturated carbocycles. The Bertz CT molecular complexity index is 1170. The van der Waals surface area contributed by atoms with Gasteiger partial charge in [-0.25, -0.2) is 9.37 Å². The molecule has 1 aromatic heterocycles. The Hall–Kier alpha value is -3.68. The average Bonchev–Trinajstić information content (AvgIpc) is 2.79. The van der Waals surface area contributed by atoms with E-state index in [0.29, 0.717) is 52.7 Å². The fraction of sp³-hybridized carbons (Fsp3) is 0.261. The van der Waals surface area contributed by atoms with Crippen molar-refractivity contribution in [1.29, 1.82) is 0 Å². The van der Waals surface area contributed by atoms with Gasteiger partial charge in [0.1, 0.15) is 23.1 Å². The topological polar surface area (TPSA) is 84.5 Å². The van der Waals surface area contributed by atoms with E-state index in [0.717, 1.165) is 0 Å². The zero-order chi connectivity index (χ0) is 22.0.